The number of ether oxygens (including phenoxy) is 1. The van der Waals surface area contributed by atoms with Crippen molar-refractivity contribution in [3.63, 3.8) is 0 Å². The molecule has 2 aromatic rings. The zero-order valence-corrected chi connectivity index (χ0v) is 12.9. The lowest BCUT2D eigenvalue weighted by molar-refractivity contribution is 0.187. The number of hydrogen-bond acceptors (Lipinski definition) is 4. The van der Waals surface area contributed by atoms with E-state index in [1.807, 2.05) is 24.3 Å². The first-order valence-electron chi connectivity index (χ1n) is 6.53. The highest BCUT2D eigenvalue weighted by Gasteiger charge is 2.00. The van der Waals surface area contributed by atoms with Gasteiger partial charge in [0.25, 0.3) is 0 Å². The van der Waals surface area contributed by atoms with E-state index in [1.54, 1.807) is 11.8 Å². The van der Waals surface area contributed by atoms with Crippen LogP contribution in [0.2, 0.25) is 0 Å². The maximum atomic E-state index is 11.1. The van der Waals surface area contributed by atoms with E-state index in [4.69, 9.17) is 0 Å². The van der Waals surface area contributed by atoms with E-state index in [9.17, 15) is 4.79 Å². The van der Waals surface area contributed by atoms with Gasteiger partial charge < -0.3 is 10.1 Å². The van der Waals surface area contributed by atoms with E-state index in [0.717, 1.165) is 12.2 Å². The lowest BCUT2D eigenvalue weighted by Gasteiger charge is -2.08. The van der Waals surface area contributed by atoms with E-state index in [1.165, 1.54) is 17.6 Å². The maximum absolute atomic E-state index is 11.1. The molecule has 5 heteroatoms. The number of thioether (sulfide) groups is 1. The van der Waals surface area contributed by atoms with Gasteiger partial charge in [-0.2, -0.15) is 0 Å². The lowest BCUT2D eigenvalue weighted by Crippen LogP contribution is -2.10. The summed E-state index contributed by atoms with van der Waals surface area (Å²) in [4.78, 5) is 12.3. The predicted octanol–water partition coefficient (Wildman–Crippen LogP) is 4.20. The fraction of sp³-hybridized carbons (Fsp3) is 0.188. The van der Waals surface area contributed by atoms with Crippen LogP contribution in [0.15, 0.2) is 53.4 Å². The quantitative estimate of drug-likeness (QED) is 0.813. The second kappa shape index (κ2) is 7.59. The van der Waals surface area contributed by atoms with E-state index in [2.05, 4.69) is 45.9 Å². The van der Waals surface area contributed by atoms with Crippen LogP contribution in [0.3, 0.4) is 0 Å². The molecule has 0 aromatic heterocycles. The number of carbonyl (C=O) groups is 1. The molecule has 0 saturated carbocycles. The molecule has 0 aliphatic carbocycles. The van der Waals surface area contributed by atoms with Crippen molar-refractivity contribution in [2.75, 3.05) is 24.0 Å². The van der Waals surface area contributed by atoms with Crippen molar-refractivity contribution in [1.29, 1.82) is 0 Å². The van der Waals surface area contributed by atoms with E-state index in [-0.39, 0.29) is 0 Å². The molecular weight excluding hydrogens is 284 g/mol. The van der Waals surface area contributed by atoms with Gasteiger partial charge in [-0.15, -0.1) is 11.8 Å². The van der Waals surface area contributed by atoms with Crippen LogP contribution in [-0.4, -0.2) is 19.5 Å². The fourth-order valence-corrected chi connectivity index (χ4v) is 2.20. The van der Waals surface area contributed by atoms with E-state index in [0.29, 0.717) is 5.69 Å². The summed E-state index contributed by atoms with van der Waals surface area (Å²) >= 11 is 1.74. The number of carbonyl (C=O) groups excluding carboxylic acids is 1. The molecule has 0 saturated heterocycles. The number of amides is 1. The zero-order chi connectivity index (χ0) is 15.1. The van der Waals surface area contributed by atoms with Gasteiger partial charge in [0.05, 0.1) is 7.11 Å². The first-order valence-corrected chi connectivity index (χ1v) is 7.75. The van der Waals surface area contributed by atoms with Crippen molar-refractivity contribution < 1.29 is 9.53 Å². The van der Waals surface area contributed by atoms with Gasteiger partial charge in [0, 0.05) is 22.8 Å². The molecule has 0 heterocycles. The van der Waals surface area contributed by atoms with Gasteiger partial charge >= 0.3 is 6.09 Å². The zero-order valence-electron chi connectivity index (χ0n) is 12.1. The Bertz CT molecular complexity index is 582. The first kappa shape index (κ1) is 15.3. The normalized spacial score (nSPS) is 10.0. The molecule has 0 aliphatic heterocycles. The molecule has 0 fully saturated rings. The Hall–Kier alpha value is -2.14. The number of nitrogens with one attached hydrogen (secondary N) is 2. The van der Waals surface area contributed by atoms with Crippen LogP contribution in [0.4, 0.5) is 16.2 Å². The lowest BCUT2D eigenvalue weighted by atomic mass is 10.2. The Morgan fingerprint density at radius 2 is 1.67 bits per heavy atom. The highest BCUT2D eigenvalue weighted by atomic mass is 32.2. The standard InChI is InChI=1S/C16H18N2O2S/c1-20-16(19)18-14-7-5-13(6-8-14)17-11-12-3-9-15(21-2)10-4-12/h3-10,17H,11H2,1-2H3,(H,18,19). The molecule has 0 spiro atoms. The predicted molar refractivity (Wildman–Crippen MR) is 88.0 cm³/mol. The van der Waals surface area contributed by atoms with Crippen molar-refractivity contribution in [2.24, 2.45) is 0 Å². The average Bonchev–Trinajstić information content (AvgIpc) is 2.54. The first-order chi connectivity index (χ1) is 10.2. The number of hydrogen-bond donors (Lipinski definition) is 2. The van der Waals surface area contributed by atoms with Crippen LogP contribution in [0.25, 0.3) is 0 Å². The van der Waals surface area contributed by atoms with Crippen molar-refractivity contribution in [2.45, 2.75) is 11.4 Å². The molecule has 0 bridgehead atoms. The Kier molecular flexibility index (Phi) is 5.51. The Balaban J connectivity index is 1.89. The molecule has 0 radical (unpaired) electrons. The SMILES string of the molecule is COC(=O)Nc1ccc(NCc2ccc(SC)cc2)cc1. The molecule has 0 atom stereocenters. The molecule has 1 amide bonds. The molecular formula is C16H18N2O2S. The van der Waals surface area contributed by atoms with E-state index >= 15 is 0 Å². The molecule has 0 aliphatic rings. The molecule has 2 N–H and O–H groups in total. The Morgan fingerprint density at radius 1 is 1.05 bits per heavy atom. The van der Waals surface area contributed by atoms with Gasteiger partial charge in [-0.1, -0.05) is 12.1 Å². The Morgan fingerprint density at radius 3 is 2.24 bits per heavy atom. The summed E-state index contributed by atoms with van der Waals surface area (Å²) in [7, 11) is 1.34. The third-order valence-corrected chi connectivity index (χ3v) is 3.72. The highest BCUT2D eigenvalue weighted by molar-refractivity contribution is 7.98. The summed E-state index contributed by atoms with van der Waals surface area (Å²) < 4.78 is 4.54. The summed E-state index contributed by atoms with van der Waals surface area (Å²) in [5.41, 5.74) is 2.93. The van der Waals surface area contributed by atoms with Crippen molar-refractivity contribution in [1.82, 2.24) is 0 Å². The molecule has 0 unspecified atom stereocenters. The fourth-order valence-electron chi connectivity index (χ4n) is 1.79. The van der Waals surface area contributed by atoms with Crippen molar-refractivity contribution in [3.8, 4) is 0 Å². The number of rotatable bonds is 5. The third kappa shape index (κ3) is 4.72. The van der Waals surface area contributed by atoms with Crippen molar-refractivity contribution >= 4 is 29.2 Å². The monoisotopic (exact) mass is 302 g/mol. The summed E-state index contributed by atoms with van der Waals surface area (Å²) in [5.74, 6) is 0. The largest absolute Gasteiger partial charge is 0.453 e. The second-order valence-electron chi connectivity index (χ2n) is 4.40. The molecule has 21 heavy (non-hydrogen) atoms. The van der Waals surface area contributed by atoms with Gasteiger partial charge in [-0.05, 0) is 48.2 Å². The topological polar surface area (TPSA) is 50.4 Å². The smallest absolute Gasteiger partial charge is 0.411 e. The van der Waals surface area contributed by atoms with Crippen LogP contribution in [-0.2, 0) is 11.3 Å². The minimum absolute atomic E-state index is 0.468. The average molecular weight is 302 g/mol. The highest BCUT2D eigenvalue weighted by Crippen LogP contribution is 2.17. The van der Waals surface area contributed by atoms with Gasteiger partial charge in [-0.25, -0.2) is 4.79 Å². The van der Waals surface area contributed by atoms with Crippen molar-refractivity contribution in [3.05, 3.63) is 54.1 Å². The van der Waals surface area contributed by atoms with Gasteiger partial charge in [-0.3, -0.25) is 5.32 Å². The summed E-state index contributed by atoms with van der Waals surface area (Å²) in [6.07, 6.45) is 1.60. The van der Waals surface area contributed by atoms with Gasteiger partial charge in [0.15, 0.2) is 0 Å². The molecule has 110 valence electrons. The van der Waals surface area contributed by atoms with Crippen LogP contribution < -0.4 is 10.6 Å². The van der Waals surface area contributed by atoms with Crippen LogP contribution >= 0.6 is 11.8 Å². The Labute approximate surface area is 128 Å². The van der Waals surface area contributed by atoms with Crippen LogP contribution in [0.1, 0.15) is 5.56 Å². The van der Waals surface area contributed by atoms with Crippen LogP contribution in [0, 0.1) is 0 Å². The summed E-state index contributed by atoms with van der Waals surface area (Å²) in [6.45, 7) is 0.762. The number of benzene rings is 2. The van der Waals surface area contributed by atoms with Gasteiger partial charge in [0.2, 0.25) is 0 Å². The van der Waals surface area contributed by atoms with Gasteiger partial charge in [0.1, 0.15) is 0 Å². The molecule has 2 aromatic carbocycles. The number of methoxy groups -OCH3 is 1. The van der Waals surface area contributed by atoms with Crippen LogP contribution in [0.5, 0.6) is 0 Å². The summed E-state index contributed by atoms with van der Waals surface area (Å²) in [6, 6.07) is 16.0. The second-order valence-corrected chi connectivity index (χ2v) is 5.28. The maximum Gasteiger partial charge on any atom is 0.411 e. The van der Waals surface area contributed by atoms with E-state index < -0.39 is 6.09 Å². The molecule has 4 nitrogen and oxygen atoms in total. The third-order valence-electron chi connectivity index (χ3n) is 2.97. The minimum atomic E-state index is -0.468. The number of anilines is 2. The minimum Gasteiger partial charge on any atom is -0.453 e. The molecule has 2 rings (SSSR count). The summed E-state index contributed by atoms with van der Waals surface area (Å²) in [5, 5.41) is 5.96.